The summed E-state index contributed by atoms with van der Waals surface area (Å²) in [5, 5.41) is 11.4. The minimum atomic E-state index is -0.319. The van der Waals surface area contributed by atoms with Gasteiger partial charge in [0.15, 0.2) is 0 Å². The molecule has 2 aromatic rings. The van der Waals surface area contributed by atoms with E-state index in [0.29, 0.717) is 22.9 Å². The number of aliphatic hydroxyl groups is 1. The molecule has 2 fully saturated rings. The minimum Gasteiger partial charge on any atom is -0.393 e. The maximum absolute atomic E-state index is 13.0. The molecule has 27 heavy (non-hydrogen) atoms. The van der Waals surface area contributed by atoms with Gasteiger partial charge in [0.1, 0.15) is 0 Å². The van der Waals surface area contributed by atoms with E-state index in [4.69, 9.17) is 23.2 Å². The molecule has 2 aliphatic rings. The van der Waals surface area contributed by atoms with Crippen LogP contribution in [0.15, 0.2) is 48.5 Å². The van der Waals surface area contributed by atoms with Gasteiger partial charge in [0, 0.05) is 28.4 Å². The van der Waals surface area contributed by atoms with Crippen LogP contribution in [0.5, 0.6) is 0 Å². The summed E-state index contributed by atoms with van der Waals surface area (Å²) in [5.41, 5.74) is 2.23. The molecule has 1 aliphatic carbocycles. The van der Waals surface area contributed by atoms with E-state index in [1.807, 2.05) is 47.4 Å². The Morgan fingerprint density at radius 1 is 0.926 bits per heavy atom. The van der Waals surface area contributed by atoms with Crippen molar-refractivity contribution in [1.82, 2.24) is 4.90 Å². The van der Waals surface area contributed by atoms with Crippen molar-refractivity contribution in [3.63, 3.8) is 0 Å². The summed E-state index contributed by atoms with van der Waals surface area (Å²) in [6, 6.07) is 15.7. The van der Waals surface area contributed by atoms with Gasteiger partial charge in [-0.1, -0.05) is 47.5 Å². The molecule has 0 spiro atoms. The molecule has 0 aromatic heterocycles. The monoisotopic (exact) mass is 403 g/mol. The van der Waals surface area contributed by atoms with Gasteiger partial charge in [0.2, 0.25) is 5.91 Å². The molecule has 0 bridgehead atoms. The van der Waals surface area contributed by atoms with Crippen molar-refractivity contribution >= 4 is 29.1 Å². The zero-order chi connectivity index (χ0) is 19.0. The molecule has 1 saturated carbocycles. The lowest BCUT2D eigenvalue weighted by molar-refractivity contribution is -0.140. The van der Waals surface area contributed by atoms with Crippen LogP contribution in [0, 0.1) is 0 Å². The number of aliphatic hydroxyl groups excluding tert-OH is 1. The lowest BCUT2D eigenvalue weighted by atomic mass is 9.79. The molecule has 0 radical (unpaired) electrons. The Morgan fingerprint density at radius 2 is 1.70 bits per heavy atom. The summed E-state index contributed by atoms with van der Waals surface area (Å²) < 4.78 is 0. The van der Waals surface area contributed by atoms with Crippen molar-refractivity contribution < 1.29 is 9.90 Å². The maximum atomic E-state index is 13.0. The van der Waals surface area contributed by atoms with Crippen LogP contribution in [0.1, 0.15) is 55.2 Å². The molecule has 1 N–H and O–H groups in total. The second-order valence-corrected chi connectivity index (χ2v) is 8.49. The second kappa shape index (κ2) is 7.83. The van der Waals surface area contributed by atoms with Crippen molar-refractivity contribution in [1.29, 1.82) is 0 Å². The molecule has 2 unspecified atom stereocenters. The molecular weight excluding hydrogens is 381 g/mol. The van der Waals surface area contributed by atoms with Crippen LogP contribution >= 0.6 is 23.2 Å². The summed E-state index contributed by atoms with van der Waals surface area (Å²) in [7, 11) is 0. The van der Waals surface area contributed by atoms with Gasteiger partial charge in [-0.05, 0) is 61.1 Å². The molecule has 5 heteroatoms. The number of halogens is 2. The van der Waals surface area contributed by atoms with Crippen LogP contribution in [-0.2, 0) is 4.79 Å². The number of carbonyl (C=O) groups is 1. The van der Waals surface area contributed by atoms with Gasteiger partial charge in [0.05, 0.1) is 12.1 Å². The zero-order valence-electron chi connectivity index (χ0n) is 15.0. The molecule has 1 heterocycles. The fourth-order valence-corrected chi connectivity index (χ4v) is 5.00. The van der Waals surface area contributed by atoms with Crippen LogP contribution in [-0.4, -0.2) is 28.1 Å². The van der Waals surface area contributed by atoms with Gasteiger partial charge < -0.3 is 10.0 Å². The van der Waals surface area contributed by atoms with E-state index in [0.717, 1.165) is 30.4 Å². The van der Waals surface area contributed by atoms with Crippen LogP contribution in [0.4, 0.5) is 0 Å². The van der Waals surface area contributed by atoms with Crippen molar-refractivity contribution in [2.24, 2.45) is 0 Å². The largest absolute Gasteiger partial charge is 0.393 e. The Morgan fingerprint density at radius 3 is 2.37 bits per heavy atom. The molecule has 142 valence electrons. The number of hydrogen-bond acceptors (Lipinski definition) is 2. The Kier molecular flexibility index (Phi) is 5.45. The first-order valence-electron chi connectivity index (χ1n) is 9.53. The van der Waals surface area contributed by atoms with Crippen molar-refractivity contribution in [3.05, 3.63) is 69.7 Å². The molecule has 1 amide bonds. The van der Waals surface area contributed by atoms with E-state index in [2.05, 4.69) is 6.07 Å². The first-order valence-corrected chi connectivity index (χ1v) is 10.3. The smallest absolute Gasteiger partial charge is 0.223 e. The fourth-order valence-electron chi connectivity index (χ4n) is 4.67. The number of rotatable bonds is 3. The fraction of sp³-hybridized carbons (Fsp3) is 0.409. The topological polar surface area (TPSA) is 40.5 Å². The summed E-state index contributed by atoms with van der Waals surface area (Å²) >= 11 is 12.4. The Balaban J connectivity index is 1.77. The predicted molar refractivity (Wildman–Crippen MR) is 108 cm³/mol. The highest BCUT2D eigenvalue weighted by atomic mass is 35.5. The molecular formula is C22H23Cl2NO2. The van der Waals surface area contributed by atoms with Crippen LogP contribution in [0.2, 0.25) is 10.0 Å². The number of likely N-dealkylation sites (tertiary alicyclic amines) is 1. The van der Waals surface area contributed by atoms with Gasteiger partial charge in [-0.25, -0.2) is 0 Å². The third-order valence-electron chi connectivity index (χ3n) is 5.90. The highest BCUT2D eigenvalue weighted by Gasteiger charge is 2.43. The lowest BCUT2D eigenvalue weighted by Gasteiger charge is -2.45. The minimum absolute atomic E-state index is 0.0720. The van der Waals surface area contributed by atoms with E-state index in [-0.39, 0.29) is 30.0 Å². The first kappa shape index (κ1) is 18.8. The number of hydrogen-bond donors (Lipinski definition) is 1. The van der Waals surface area contributed by atoms with E-state index in [1.54, 1.807) is 0 Å². The zero-order valence-corrected chi connectivity index (χ0v) is 16.5. The van der Waals surface area contributed by atoms with Crippen molar-refractivity contribution in [2.45, 2.75) is 56.2 Å². The Hall–Kier alpha value is -1.55. The van der Waals surface area contributed by atoms with Crippen molar-refractivity contribution in [3.8, 4) is 0 Å². The number of carbonyl (C=O) groups excluding carboxylic acids is 1. The molecule has 2 aromatic carbocycles. The lowest BCUT2D eigenvalue weighted by Crippen LogP contribution is -2.47. The van der Waals surface area contributed by atoms with Crippen LogP contribution in [0.25, 0.3) is 0 Å². The number of piperidine rings is 1. The third-order valence-corrected chi connectivity index (χ3v) is 6.38. The standard InChI is InChI=1S/C22H23Cl2NO2/c23-16-6-4-14(5-7-16)22-20(15-2-1-3-17(24)12-15)10-11-21(27)25(22)18-8-9-19(26)13-18/h1-7,12,18-20,22,26H,8-11,13H2/t18?,19?,20-,22-/m1/s1. The van der Waals surface area contributed by atoms with Gasteiger partial charge in [-0.2, -0.15) is 0 Å². The molecule has 4 rings (SSSR count). The SMILES string of the molecule is O=C1CC[C@H](c2cccc(Cl)c2)[C@@H](c2ccc(Cl)cc2)N1C1CCC(O)C1. The molecule has 1 aliphatic heterocycles. The normalized spacial score (nSPS) is 28.6. The molecule has 1 saturated heterocycles. The highest BCUT2D eigenvalue weighted by molar-refractivity contribution is 6.30. The van der Waals surface area contributed by atoms with Gasteiger partial charge >= 0.3 is 0 Å². The van der Waals surface area contributed by atoms with Gasteiger partial charge in [-0.3, -0.25) is 4.79 Å². The number of nitrogens with zero attached hydrogens (tertiary/aromatic N) is 1. The van der Waals surface area contributed by atoms with Crippen molar-refractivity contribution in [2.75, 3.05) is 0 Å². The summed E-state index contributed by atoms with van der Waals surface area (Å²) in [6.07, 6.45) is 3.24. The average Bonchev–Trinajstić information content (AvgIpc) is 3.08. The molecule has 4 atom stereocenters. The van der Waals surface area contributed by atoms with Crippen LogP contribution < -0.4 is 0 Å². The third kappa shape index (κ3) is 3.87. The van der Waals surface area contributed by atoms with E-state index in [9.17, 15) is 9.90 Å². The Labute approximate surface area is 169 Å². The molecule has 3 nitrogen and oxygen atoms in total. The van der Waals surface area contributed by atoms with E-state index in [1.165, 1.54) is 0 Å². The summed E-state index contributed by atoms with van der Waals surface area (Å²) in [4.78, 5) is 15.0. The number of benzene rings is 2. The van der Waals surface area contributed by atoms with Gasteiger partial charge in [0.25, 0.3) is 0 Å². The van der Waals surface area contributed by atoms with E-state index >= 15 is 0 Å². The predicted octanol–water partition coefficient (Wildman–Crippen LogP) is 5.35. The van der Waals surface area contributed by atoms with Crippen LogP contribution in [0.3, 0.4) is 0 Å². The maximum Gasteiger partial charge on any atom is 0.223 e. The first-order chi connectivity index (χ1) is 13.0. The summed E-state index contributed by atoms with van der Waals surface area (Å²) in [5.74, 6) is 0.340. The van der Waals surface area contributed by atoms with Gasteiger partial charge in [-0.15, -0.1) is 0 Å². The quantitative estimate of drug-likeness (QED) is 0.749. The summed E-state index contributed by atoms with van der Waals surface area (Å²) in [6.45, 7) is 0. The Bertz CT molecular complexity index is 823. The average molecular weight is 404 g/mol. The van der Waals surface area contributed by atoms with E-state index < -0.39 is 0 Å². The number of amides is 1. The highest BCUT2D eigenvalue weighted by Crippen LogP contribution is 2.46. The second-order valence-electron chi connectivity index (χ2n) is 7.62.